The second-order valence-electron chi connectivity index (χ2n) is 3.75. The summed E-state index contributed by atoms with van der Waals surface area (Å²) in [6, 6.07) is 7.44. The molecule has 1 aliphatic heterocycles. The molecular weight excluding hydrogens is 210 g/mol. The lowest BCUT2D eigenvalue weighted by Crippen LogP contribution is -2.43. The highest BCUT2D eigenvalue weighted by Crippen LogP contribution is 2.17. The average Bonchev–Trinajstić information content (AvgIpc) is 2.24. The van der Waals surface area contributed by atoms with Crippen LogP contribution in [0.15, 0.2) is 36.4 Å². The first-order chi connectivity index (χ1) is 7.20. The molecule has 1 aliphatic rings. The van der Waals surface area contributed by atoms with Crippen LogP contribution >= 0.6 is 11.6 Å². The summed E-state index contributed by atoms with van der Waals surface area (Å²) in [4.78, 5) is 13.7. The average molecular weight is 222 g/mol. The van der Waals surface area contributed by atoms with Gasteiger partial charge in [-0.05, 0) is 23.3 Å². The number of nitrogens with zero attached hydrogens (tertiary/aromatic N) is 1. The van der Waals surface area contributed by atoms with E-state index < -0.39 is 0 Å². The number of alkyl halides is 1. The van der Waals surface area contributed by atoms with E-state index in [4.69, 9.17) is 11.6 Å². The number of carbonyl (C=O) groups is 1. The van der Waals surface area contributed by atoms with Crippen LogP contribution in [0.25, 0.3) is 0 Å². The van der Waals surface area contributed by atoms with Crippen molar-refractivity contribution in [2.75, 3.05) is 13.1 Å². The minimum atomic E-state index is 0.0642. The quantitative estimate of drug-likeness (QED) is 0.555. The molecule has 0 aromatic heterocycles. The van der Waals surface area contributed by atoms with Crippen molar-refractivity contribution in [3.8, 4) is 0 Å². The van der Waals surface area contributed by atoms with Gasteiger partial charge in [-0.25, -0.2) is 0 Å². The third kappa shape index (κ3) is 2.05. The number of amides is 1. The molecule has 1 amide bonds. The summed E-state index contributed by atoms with van der Waals surface area (Å²) in [7, 11) is 0. The lowest BCUT2D eigenvalue weighted by molar-refractivity contribution is 0.0728. The Balaban J connectivity index is 2.14. The van der Waals surface area contributed by atoms with Gasteiger partial charge >= 0.3 is 0 Å². The molecule has 78 valence electrons. The Morgan fingerprint density at radius 3 is 2.80 bits per heavy atom. The van der Waals surface area contributed by atoms with Gasteiger partial charge in [-0.15, -0.1) is 11.6 Å². The van der Waals surface area contributed by atoms with Gasteiger partial charge < -0.3 is 4.90 Å². The van der Waals surface area contributed by atoms with Crippen molar-refractivity contribution in [3.63, 3.8) is 0 Å². The van der Waals surface area contributed by atoms with E-state index in [1.165, 1.54) is 0 Å². The fraction of sp³-hybridized carbons (Fsp3) is 0.250. The molecule has 1 fully saturated rings. The molecule has 0 bridgehead atoms. The highest BCUT2D eigenvalue weighted by Gasteiger charge is 2.24. The number of likely N-dealkylation sites (tertiary alicyclic amines) is 1. The fourth-order valence-electron chi connectivity index (χ4n) is 1.61. The molecule has 15 heavy (non-hydrogen) atoms. The van der Waals surface area contributed by atoms with Crippen molar-refractivity contribution in [3.05, 3.63) is 47.5 Å². The Labute approximate surface area is 94.2 Å². The molecule has 0 unspecified atom stereocenters. The second-order valence-corrected chi connectivity index (χ2v) is 4.01. The number of rotatable bonds is 2. The molecule has 0 atom stereocenters. The number of carbonyl (C=O) groups excluding carboxylic acids is 1. The molecule has 2 rings (SSSR count). The van der Waals surface area contributed by atoms with Crippen LogP contribution in [-0.2, 0) is 5.88 Å². The van der Waals surface area contributed by atoms with Crippen molar-refractivity contribution in [1.29, 1.82) is 0 Å². The molecule has 1 aromatic rings. The summed E-state index contributed by atoms with van der Waals surface area (Å²) in [6.45, 7) is 5.17. The van der Waals surface area contributed by atoms with Gasteiger partial charge in [0.05, 0.1) is 0 Å². The van der Waals surface area contributed by atoms with Gasteiger partial charge in [0.1, 0.15) is 0 Å². The van der Waals surface area contributed by atoms with Gasteiger partial charge in [0.2, 0.25) is 0 Å². The predicted molar refractivity (Wildman–Crippen MR) is 61.0 cm³/mol. The summed E-state index contributed by atoms with van der Waals surface area (Å²) in [6.07, 6.45) is 0. The van der Waals surface area contributed by atoms with Gasteiger partial charge in [-0.1, -0.05) is 18.7 Å². The Hall–Kier alpha value is -1.28. The van der Waals surface area contributed by atoms with Crippen LogP contribution in [0.2, 0.25) is 0 Å². The van der Waals surface area contributed by atoms with E-state index >= 15 is 0 Å². The first-order valence-electron chi connectivity index (χ1n) is 4.81. The Morgan fingerprint density at radius 2 is 2.20 bits per heavy atom. The lowest BCUT2D eigenvalue weighted by Gasteiger charge is -2.33. The minimum absolute atomic E-state index is 0.0642. The van der Waals surface area contributed by atoms with Gasteiger partial charge in [0.25, 0.3) is 5.91 Å². The van der Waals surface area contributed by atoms with Crippen molar-refractivity contribution >= 4 is 17.5 Å². The van der Waals surface area contributed by atoms with E-state index in [0.717, 1.165) is 11.1 Å². The van der Waals surface area contributed by atoms with Gasteiger partial charge in [-0.3, -0.25) is 4.79 Å². The van der Waals surface area contributed by atoms with Gasteiger partial charge in [-0.2, -0.15) is 0 Å². The zero-order valence-corrected chi connectivity index (χ0v) is 9.13. The highest BCUT2D eigenvalue weighted by atomic mass is 35.5. The van der Waals surface area contributed by atoms with Crippen molar-refractivity contribution in [2.24, 2.45) is 0 Å². The maximum Gasteiger partial charge on any atom is 0.254 e. The molecule has 0 N–H and O–H groups in total. The van der Waals surface area contributed by atoms with Gasteiger partial charge in [0, 0.05) is 24.5 Å². The van der Waals surface area contributed by atoms with E-state index in [9.17, 15) is 4.79 Å². The number of benzene rings is 1. The standard InChI is InChI=1S/C12H12ClNO/c1-9-7-14(8-9)12(15)11-4-2-3-10(5-11)6-13/h2-5H,1,6-8H2. The Kier molecular flexibility index (Phi) is 2.78. The van der Waals surface area contributed by atoms with Crippen LogP contribution in [0.3, 0.4) is 0 Å². The van der Waals surface area contributed by atoms with Crippen LogP contribution < -0.4 is 0 Å². The highest BCUT2D eigenvalue weighted by molar-refractivity contribution is 6.17. The first-order valence-corrected chi connectivity index (χ1v) is 5.35. The zero-order chi connectivity index (χ0) is 10.8. The maximum absolute atomic E-state index is 11.9. The third-order valence-corrected chi connectivity index (χ3v) is 2.75. The molecule has 1 aromatic carbocycles. The molecule has 1 heterocycles. The summed E-state index contributed by atoms with van der Waals surface area (Å²) < 4.78 is 0. The topological polar surface area (TPSA) is 20.3 Å². The minimum Gasteiger partial charge on any atom is -0.331 e. The molecular formula is C12H12ClNO. The molecule has 3 heteroatoms. The van der Waals surface area contributed by atoms with Crippen molar-refractivity contribution in [2.45, 2.75) is 5.88 Å². The normalized spacial score (nSPS) is 15.0. The van der Waals surface area contributed by atoms with Crippen LogP contribution in [0.1, 0.15) is 15.9 Å². The lowest BCUT2D eigenvalue weighted by atomic mass is 10.1. The number of halogens is 1. The van der Waals surface area contributed by atoms with E-state index in [2.05, 4.69) is 6.58 Å². The van der Waals surface area contributed by atoms with E-state index in [1.54, 1.807) is 4.90 Å². The smallest absolute Gasteiger partial charge is 0.254 e. The Morgan fingerprint density at radius 1 is 1.47 bits per heavy atom. The van der Waals surface area contributed by atoms with E-state index in [0.29, 0.717) is 24.5 Å². The molecule has 0 saturated carbocycles. The predicted octanol–water partition coefficient (Wildman–Crippen LogP) is 2.44. The van der Waals surface area contributed by atoms with Crippen LogP contribution in [0.4, 0.5) is 0 Å². The molecule has 1 saturated heterocycles. The maximum atomic E-state index is 11.9. The third-order valence-electron chi connectivity index (χ3n) is 2.44. The van der Waals surface area contributed by atoms with E-state index in [1.807, 2.05) is 24.3 Å². The SMILES string of the molecule is C=C1CN(C(=O)c2cccc(CCl)c2)C1. The fourth-order valence-corrected chi connectivity index (χ4v) is 1.77. The summed E-state index contributed by atoms with van der Waals surface area (Å²) in [5, 5.41) is 0. The summed E-state index contributed by atoms with van der Waals surface area (Å²) in [5.41, 5.74) is 2.79. The van der Waals surface area contributed by atoms with Crippen LogP contribution in [-0.4, -0.2) is 23.9 Å². The van der Waals surface area contributed by atoms with Crippen LogP contribution in [0.5, 0.6) is 0 Å². The van der Waals surface area contributed by atoms with Crippen molar-refractivity contribution < 1.29 is 4.79 Å². The molecule has 0 spiro atoms. The monoisotopic (exact) mass is 221 g/mol. The van der Waals surface area contributed by atoms with E-state index in [-0.39, 0.29) is 5.91 Å². The largest absolute Gasteiger partial charge is 0.331 e. The van der Waals surface area contributed by atoms with Crippen molar-refractivity contribution in [1.82, 2.24) is 4.90 Å². The Bertz CT molecular complexity index is 406. The number of hydrogen-bond acceptors (Lipinski definition) is 1. The second kappa shape index (κ2) is 4.07. The summed E-state index contributed by atoms with van der Waals surface area (Å²) in [5.74, 6) is 0.503. The zero-order valence-electron chi connectivity index (χ0n) is 8.37. The molecule has 0 aliphatic carbocycles. The molecule has 0 radical (unpaired) electrons. The van der Waals surface area contributed by atoms with Crippen LogP contribution in [0, 0.1) is 0 Å². The number of hydrogen-bond donors (Lipinski definition) is 0. The molecule has 2 nitrogen and oxygen atoms in total. The summed E-state index contributed by atoms with van der Waals surface area (Å²) >= 11 is 5.72. The first kappa shape index (κ1) is 10.2. The van der Waals surface area contributed by atoms with Gasteiger partial charge in [0.15, 0.2) is 0 Å².